The normalized spacial score (nSPS) is 11.9. The van der Waals surface area contributed by atoms with Crippen LogP contribution in [-0.2, 0) is 23.4 Å². The largest absolute Gasteiger partial charge is 0.450 e. The molecular formula is C22H20ClN7O3S. The van der Waals surface area contributed by atoms with E-state index >= 15 is 0 Å². The van der Waals surface area contributed by atoms with Crippen LogP contribution in [0.4, 0.5) is 5.82 Å². The van der Waals surface area contributed by atoms with Crippen molar-refractivity contribution in [3.05, 3.63) is 65.7 Å². The number of halogens is 1. The lowest BCUT2D eigenvalue weighted by Gasteiger charge is -2.19. The molecule has 5 aromatic rings. The molecular weight excluding hydrogens is 478 g/mol. The van der Waals surface area contributed by atoms with Crippen molar-refractivity contribution >= 4 is 43.9 Å². The first-order chi connectivity index (χ1) is 16.2. The Labute approximate surface area is 200 Å². The summed E-state index contributed by atoms with van der Waals surface area (Å²) in [5.41, 5.74) is 2.35. The van der Waals surface area contributed by atoms with E-state index in [1.165, 1.54) is 10.8 Å². The van der Waals surface area contributed by atoms with Gasteiger partial charge in [-0.05, 0) is 5.56 Å². The first kappa shape index (κ1) is 22.1. The lowest BCUT2D eigenvalue weighted by molar-refractivity contribution is 0.486. The van der Waals surface area contributed by atoms with E-state index in [1.54, 1.807) is 30.2 Å². The molecule has 12 heteroatoms. The molecule has 0 aliphatic rings. The highest BCUT2D eigenvalue weighted by Gasteiger charge is 2.23. The van der Waals surface area contributed by atoms with Crippen molar-refractivity contribution in [3.63, 3.8) is 0 Å². The van der Waals surface area contributed by atoms with Gasteiger partial charge in [-0.2, -0.15) is 10.1 Å². The number of pyridine rings is 1. The topological polar surface area (TPSA) is 108 Å². The summed E-state index contributed by atoms with van der Waals surface area (Å²) in [6, 6.07) is 10.0. The predicted octanol–water partition coefficient (Wildman–Crippen LogP) is 3.50. The standard InChI is InChI=1S/C22H20ClN7O3S/c1-28(13-14-7-5-4-6-8-14)21-18-16(12-26-30(18)10-9-24-21)33-15-11-25-20-19(17(15)23)29(2)22(27-20)34(3,31)32/h4-12H,13H2,1-3H3. The third kappa shape index (κ3) is 3.82. The number of benzene rings is 1. The van der Waals surface area contributed by atoms with Gasteiger partial charge in [-0.25, -0.2) is 22.9 Å². The summed E-state index contributed by atoms with van der Waals surface area (Å²) in [7, 11) is -0.0515. The average molecular weight is 498 g/mol. The minimum Gasteiger partial charge on any atom is -0.450 e. The molecule has 0 aliphatic carbocycles. The molecule has 0 amide bonds. The van der Waals surface area contributed by atoms with Crippen LogP contribution < -0.4 is 9.64 Å². The van der Waals surface area contributed by atoms with Gasteiger partial charge in [0.1, 0.15) is 10.5 Å². The van der Waals surface area contributed by atoms with Crippen molar-refractivity contribution in [1.29, 1.82) is 0 Å². The van der Waals surface area contributed by atoms with Gasteiger partial charge in [0.25, 0.3) is 0 Å². The zero-order chi connectivity index (χ0) is 24.0. The number of ether oxygens (including phenoxy) is 1. The third-order valence-electron chi connectivity index (χ3n) is 5.32. The average Bonchev–Trinajstić information content (AvgIpc) is 3.37. The van der Waals surface area contributed by atoms with Gasteiger partial charge in [-0.3, -0.25) is 0 Å². The Kier molecular flexibility index (Phi) is 5.37. The Balaban J connectivity index is 1.56. The molecule has 0 saturated carbocycles. The van der Waals surface area contributed by atoms with Gasteiger partial charge >= 0.3 is 0 Å². The molecule has 174 valence electrons. The van der Waals surface area contributed by atoms with Crippen LogP contribution in [0.1, 0.15) is 5.56 Å². The molecule has 4 aromatic heterocycles. The van der Waals surface area contributed by atoms with E-state index in [0.717, 1.165) is 11.8 Å². The zero-order valence-corrected chi connectivity index (χ0v) is 20.1. The number of aryl methyl sites for hydroxylation is 1. The Morgan fingerprint density at radius 3 is 2.59 bits per heavy atom. The summed E-state index contributed by atoms with van der Waals surface area (Å²) in [6.45, 7) is 0.635. The zero-order valence-electron chi connectivity index (χ0n) is 18.5. The molecule has 0 radical (unpaired) electrons. The van der Waals surface area contributed by atoms with Gasteiger partial charge in [0.15, 0.2) is 28.5 Å². The van der Waals surface area contributed by atoms with Crippen LogP contribution >= 0.6 is 11.6 Å². The highest BCUT2D eigenvalue weighted by atomic mass is 35.5. The van der Waals surface area contributed by atoms with E-state index in [-0.39, 0.29) is 21.6 Å². The molecule has 10 nitrogen and oxygen atoms in total. The number of aromatic nitrogens is 6. The Hall–Kier alpha value is -3.70. The Morgan fingerprint density at radius 2 is 1.85 bits per heavy atom. The summed E-state index contributed by atoms with van der Waals surface area (Å²) in [5, 5.41) is 4.44. The van der Waals surface area contributed by atoms with Crippen LogP contribution in [0.15, 0.2) is 60.3 Å². The summed E-state index contributed by atoms with van der Waals surface area (Å²) in [4.78, 5) is 14.9. The van der Waals surface area contributed by atoms with Crippen LogP contribution in [0.3, 0.4) is 0 Å². The first-order valence-corrected chi connectivity index (χ1v) is 12.5. The van der Waals surface area contributed by atoms with Gasteiger partial charge in [0, 0.05) is 39.3 Å². The van der Waals surface area contributed by atoms with Crippen molar-refractivity contribution in [1.82, 2.24) is 29.1 Å². The van der Waals surface area contributed by atoms with E-state index in [4.69, 9.17) is 16.3 Å². The second kappa shape index (κ2) is 8.26. The second-order valence-electron chi connectivity index (χ2n) is 7.83. The molecule has 0 unspecified atom stereocenters. The number of rotatable bonds is 6. The molecule has 5 rings (SSSR count). The second-order valence-corrected chi connectivity index (χ2v) is 10.1. The fourth-order valence-corrected chi connectivity index (χ4v) is 4.94. The van der Waals surface area contributed by atoms with Gasteiger partial charge in [-0.15, -0.1) is 0 Å². The number of anilines is 1. The van der Waals surface area contributed by atoms with Crippen LogP contribution in [0.25, 0.3) is 16.7 Å². The summed E-state index contributed by atoms with van der Waals surface area (Å²) < 4.78 is 33.3. The number of sulfone groups is 1. The minimum atomic E-state index is -3.56. The maximum Gasteiger partial charge on any atom is 0.229 e. The molecule has 4 heterocycles. The molecule has 1 aromatic carbocycles. The third-order valence-corrected chi connectivity index (χ3v) is 6.71. The van der Waals surface area contributed by atoms with Crippen LogP contribution in [0.5, 0.6) is 11.5 Å². The Morgan fingerprint density at radius 1 is 1.09 bits per heavy atom. The smallest absolute Gasteiger partial charge is 0.229 e. The van der Waals surface area contributed by atoms with Crippen molar-refractivity contribution in [2.75, 3.05) is 18.2 Å². The van der Waals surface area contributed by atoms with E-state index in [0.29, 0.717) is 29.1 Å². The number of imidazole rings is 1. The van der Waals surface area contributed by atoms with Gasteiger partial charge < -0.3 is 14.2 Å². The maximum absolute atomic E-state index is 12.0. The van der Waals surface area contributed by atoms with Crippen molar-refractivity contribution < 1.29 is 13.2 Å². The quantitative estimate of drug-likeness (QED) is 0.351. The lowest BCUT2D eigenvalue weighted by atomic mass is 10.2. The van der Waals surface area contributed by atoms with Gasteiger partial charge in [0.05, 0.1) is 12.4 Å². The van der Waals surface area contributed by atoms with Crippen molar-refractivity contribution in [2.24, 2.45) is 7.05 Å². The van der Waals surface area contributed by atoms with E-state index in [9.17, 15) is 8.42 Å². The first-order valence-electron chi connectivity index (χ1n) is 10.2. The van der Waals surface area contributed by atoms with Gasteiger partial charge in [0.2, 0.25) is 15.0 Å². The molecule has 0 spiro atoms. The number of hydrogen-bond donors (Lipinski definition) is 0. The van der Waals surface area contributed by atoms with Gasteiger partial charge in [-0.1, -0.05) is 41.9 Å². The number of nitrogens with zero attached hydrogens (tertiary/aromatic N) is 7. The van der Waals surface area contributed by atoms with Crippen molar-refractivity contribution in [3.8, 4) is 11.5 Å². The predicted molar refractivity (Wildman–Crippen MR) is 128 cm³/mol. The molecule has 0 atom stereocenters. The van der Waals surface area contributed by atoms with Crippen LogP contribution in [0.2, 0.25) is 5.02 Å². The summed E-state index contributed by atoms with van der Waals surface area (Å²) in [5.74, 6) is 1.34. The molecule has 0 aliphatic heterocycles. The fraction of sp³-hybridized carbons (Fsp3) is 0.182. The van der Waals surface area contributed by atoms with E-state index < -0.39 is 9.84 Å². The molecule has 34 heavy (non-hydrogen) atoms. The fourth-order valence-electron chi connectivity index (χ4n) is 3.80. The number of hydrogen-bond acceptors (Lipinski definition) is 8. The van der Waals surface area contributed by atoms with E-state index in [1.807, 2.05) is 42.3 Å². The SMILES string of the molecule is CN(Cc1ccccc1)c1nccn2ncc(Oc3cnc4nc(S(C)(=O)=O)n(C)c4c3Cl)c12. The molecule has 0 fully saturated rings. The molecule has 0 saturated heterocycles. The molecule has 0 bridgehead atoms. The monoisotopic (exact) mass is 497 g/mol. The molecule has 0 N–H and O–H groups in total. The van der Waals surface area contributed by atoms with E-state index in [2.05, 4.69) is 20.1 Å². The highest BCUT2D eigenvalue weighted by Crippen LogP contribution is 2.37. The summed E-state index contributed by atoms with van der Waals surface area (Å²) in [6.07, 6.45) is 7.46. The Bertz CT molecular complexity index is 1630. The lowest BCUT2D eigenvalue weighted by Crippen LogP contribution is -2.18. The summed E-state index contributed by atoms with van der Waals surface area (Å²) >= 11 is 6.61. The minimum absolute atomic E-state index is 0.126. The highest BCUT2D eigenvalue weighted by molar-refractivity contribution is 7.90. The van der Waals surface area contributed by atoms with Crippen LogP contribution in [0, 0.1) is 0 Å². The van der Waals surface area contributed by atoms with Crippen LogP contribution in [-0.4, -0.2) is 50.9 Å². The van der Waals surface area contributed by atoms with Crippen molar-refractivity contribution in [2.45, 2.75) is 11.7 Å². The maximum atomic E-state index is 12.0. The number of fused-ring (bicyclic) bond motifs is 2.